The minimum Gasteiger partial charge on any atom is -0.383 e. The monoisotopic (exact) mass is 368 g/mol. The van der Waals surface area contributed by atoms with Crippen molar-refractivity contribution in [2.75, 3.05) is 31.9 Å². The number of carbonyl (C=O) groups excluding carboxylic acids is 1. The fourth-order valence-corrected chi connectivity index (χ4v) is 4.59. The highest BCUT2D eigenvalue weighted by atomic mass is 16.2. The third kappa shape index (κ3) is 4.13. The van der Waals surface area contributed by atoms with Crippen molar-refractivity contribution < 1.29 is 4.79 Å². The minimum atomic E-state index is 0.205. The van der Waals surface area contributed by atoms with Crippen molar-refractivity contribution >= 4 is 11.7 Å². The number of aromatic nitrogens is 3. The number of nitrogens with one attached hydrogen (secondary N) is 1. The summed E-state index contributed by atoms with van der Waals surface area (Å²) in [6.07, 6.45) is 10.1. The van der Waals surface area contributed by atoms with E-state index in [4.69, 9.17) is 5.73 Å². The summed E-state index contributed by atoms with van der Waals surface area (Å²) >= 11 is 0. The van der Waals surface area contributed by atoms with Gasteiger partial charge in [0.15, 0.2) is 0 Å². The topological polar surface area (TPSA) is 91.1 Å². The van der Waals surface area contributed by atoms with Gasteiger partial charge >= 0.3 is 0 Å². The van der Waals surface area contributed by atoms with Gasteiger partial charge in [-0.25, -0.2) is 9.97 Å². The molecule has 0 unspecified atom stereocenters. The second-order valence-corrected chi connectivity index (χ2v) is 8.00. The van der Waals surface area contributed by atoms with Gasteiger partial charge in [0.05, 0.1) is 6.33 Å². The number of anilines is 1. The Bertz CT molecular complexity index is 777. The third-order valence-electron chi connectivity index (χ3n) is 6.01. The Hall–Kier alpha value is -2.41. The zero-order valence-electron chi connectivity index (χ0n) is 15.7. The van der Waals surface area contributed by atoms with Crippen LogP contribution >= 0.6 is 0 Å². The molecular formula is C20H28N6O. The molecule has 0 aliphatic carbocycles. The molecular weight excluding hydrogens is 340 g/mol. The standard InChI is InChI=1S/C20H28N6O/c21-19-16(3-1-8-23-19)12-25-9-2-6-20(13-25)7-4-18(27)26(14-20)10-5-17-11-22-15-24-17/h1,3,8,11,15H,2,4-7,9-10,12-14H2,(H2,21,23)(H,22,24)/t20-/m1/s1. The molecule has 2 aromatic heterocycles. The number of carbonyl (C=O) groups is 1. The lowest BCUT2D eigenvalue weighted by Crippen LogP contribution is -2.54. The van der Waals surface area contributed by atoms with E-state index in [2.05, 4.69) is 30.8 Å². The molecule has 0 bridgehead atoms. The van der Waals surface area contributed by atoms with E-state index < -0.39 is 0 Å². The van der Waals surface area contributed by atoms with Gasteiger partial charge in [-0.15, -0.1) is 0 Å². The normalized spacial score (nSPS) is 23.9. The highest BCUT2D eigenvalue weighted by Gasteiger charge is 2.41. The van der Waals surface area contributed by atoms with E-state index in [-0.39, 0.29) is 11.3 Å². The summed E-state index contributed by atoms with van der Waals surface area (Å²) in [7, 11) is 0. The number of hydrogen-bond acceptors (Lipinski definition) is 5. The van der Waals surface area contributed by atoms with Crippen LogP contribution < -0.4 is 5.73 Å². The third-order valence-corrected chi connectivity index (χ3v) is 6.01. The number of likely N-dealkylation sites (tertiary alicyclic amines) is 2. The van der Waals surface area contributed by atoms with Gasteiger partial charge < -0.3 is 15.6 Å². The van der Waals surface area contributed by atoms with Crippen molar-refractivity contribution in [1.29, 1.82) is 0 Å². The largest absolute Gasteiger partial charge is 0.383 e. The quantitative estimate of drug-likeness (QED) is 0.840. The predicted molar refractivity (Wildman–Crippen MR) is 104 cm³/mol. The summed E-state index contributed by atoms with van der Waals surface area (Å²) in [4.78, 5) is 28.4. The Morgan fingerprint density at radius 1 is 1.30 bits per heavy atom. The minimum absolute atomic E-state index is 0.205. The van der Waals surface area contributed by atoms with Crippen LogP contribution in [0.15, 0.2) is 30.9 Å². The summed E-state index contributed by atoms with van der Waals surface area (Å²) in [6, 6.07) is 4.01. The molecule has 1 atom stereocenters. The molecule has 3 N–H and O–H groups in total. The molecule has 144 valence electrons. The molecule has 27 heavy (non-hydrogen) atoms. The smallest absolute Gasteiger partial charge is 0.222 e. The van der Waals surface area contributed by atoms with Gasteiger partial charge in [-0.3, -0.25) is 9.69 Å². The van der Waals surface area contributed by atoms with Crippen molar-refractivity contribution in [1.82, 2.24) is 24.8 Å². The number of nitrogen functional groups attached to an aromatic ring is 1. The first-order chi connectivity index (χ1) is 13.1. The van der Waals surface area contributed by atoms with Crippen LogP contribution in [0, 0.1) is 5.41 Å². The molecule has 2 aliphatic heterocycles. The van der Waals surface area contributed by atoms with Crippen molar-refractivity contribution in [2.45, 2.75) is 38.6 Å². The number of imidazole rings is 1. The lowest BCUT2D eigenvalue weighted by Gasteiger charge is -2.48. The number of aromatic amines is 1. The summed E-state index contributed by atoms with van der Waals surface area (Å²) in [5.41, 5.74) is 8.42. The van der Waals surface area contributed by atoms with Crippen LogP contribution in [0.5, 0.6) is 0 Å². The van der Waals surface area contributed by atoms with E-state index in [9.17, 15) is 4.79 Å². The molecule has 0 radical (unpaired) electrons. The van der Waals surface area contributed by atoms with Crippen molar-refractivity contribution in [3.05, 3.63) is 42.1 Å². The Morgan fingerprint density at radius 3 is 3.04 bits per heavy atom. The van der Waals surface area contributed by atoms with E-state index >= 15 is 0 Å². The molecule has 4 heterocycles. The van der Waals surface area contributed by atoms with Crippen LogP contribution in [-0.2, 0) is 17.8 Å². The summed E-state index contributed by atoms with van der Waals surface area (Å²) in [5.74, 6) is 0.908. The predicted octanol–water partition coefficient (Wildman–Crippen LogP) is 1.83. The van der Waals surface area contributed by atoms with Crippen molar-refractivity contribution in [2.24, 2.45) is 5.41 Å². The highest BCUT2D eigenvalue weighted by Crippen LogP contribution is 2.39. The second-order valence-electron chi connectivity index (χ2n) is 8.00. The van der Waals surface area contributed by atoms with E-state index in [0.29, 0.717) is 12.2 Å². The van der Waals surface area contributed by atoms with Crippen LogP contribution in [0.3, 0.4) is 0 Å². The van der Waals surface area contributed by atoms with Gasteiger partial charge in [0.1, 0.15) is 5.82 Å². The zero-order chi connectivity index (χ0) is 18.7. The first-order valence-electron chi connectivity index (χ1n) is 9.80. The van der Waals surface area contributed by atoms with Crippen LogP contribution in [0.2, 0.25) is 0 Å². The average molecular weight is 368 g/mol. The SMILES string of the molecule is Nc1ncccc1CN1CCC[C@@]2(CCC(=O)N(CCc3cnc[nH]3)C2)C1. The van der Waals surface area contributed by atoms with Gasteiger partial charge in [0.25, 0.3) is 0 Å². The van der Waals surface area contributed by atoms with Crippen LogP contribution in [0.1, 0.15) is 36.9 Å². The summed E-state index contributed by atoms with van der Waals surface area (Å²) < 4.78 is 0. The Kier molecular flexibility index (Phi) is 5.11. The maximum atomic E-state index is 12.5. The lowest BCUT2D eigenvalue weighted by molar-refractivity contribution is -0.139. The van der Waals surface area contributed by atoms with E-state index in [1.165, 1.54) is 12.8 Å². The zero-order valence-corrected chi connectivity index (χ0v) is 15.7. The molecule has 4 rings (SSSR count). The number of amides is 1. The molecule has 2 aliphatic rings. The van der Waals surface area contributed by atoms with E-state index in [0.717, 1.165) is 56.8 Å². The van der Waals surface area contributed by atoms with E-state index in [1.54, 1.807) is 12.5 Å². The number of pyridine rings is 1. The fraction of sp³-hybridized carbons (Fsp3) is 0.550. The maximum absolute atomic E-state index is 12.5. The van der Waals surface area contributed by atoms with Gasteiger partial charge in [-0.1, -0.05) is 6.07 Å². The van der Waals surface area contributed by atoms with E-state index in [1.807, 2.05) is 12.3 Å². The van der Waals surface area contributed by atoms with Crippen LogP contribution in [0.25, 0.3) is 0 Å². The number of H-pyrrole nitrogens is 1. The summed E-state index contributed by atoms with van der Waals surface area (Å²) in [5, 5.41) is 0. The van der Waals surface area contributed by atoms with Gasteiger partial charge in [0.2, 0.25) is 5.91 Å². The highest BCUT2D eigenvalue weighted by molar-refractivity contribution is 5.77. The van der Waals surface area contributed by atoms with Crippen LogP contribution in [-0.4, -0.2) is 56.8 Å². The molecule has 0 saturated carbocycles. The first-order valence-corrected chi connectivity index (χ1v) is 9.80. The molecule has 0 aromatic carbocycles. The molecule has 1 amide bonds. The number of rotatable bonds is 5. The number of piperidine rings is 2. The molecule has 2 fully saturated rings. The fourth-order valence-electron chi connectivity index (χ4n) is 4.59. The molecule has 2 saturated heterocycles. The number of nitrogens with two attached hydrogens (primary N) is 1. The van der Waals surface area contributed by atoms with Crippen molar-refractivity contribution in [3.8, 4) is 0 Å². The molecule has 7 heteroatoms. The Labute approximate surface area is 160 Å². The van der Waals surface area contributed by atoms with Gasteiger partial charge in [0, 0.05) is 68.1 Å². The van der Waals surface area contributed by atoms with Crippen LogP contribution in [0.4, 0.5) is 5.82 Å². The van der Waals surface area contributed by atoms with Gasteiger partial charge in [-0.05, 0) is 31.9 Å². The first kappa shape index (κ1) is 18.0. The number of nitrogens with zero attached hydrogens (tertiary/aromatic N) is 4. The van der Waals surface area contributed by atoms with Gasteiger partial charge in [-0.2, -0.15) is 0 Å². The molecule has 7 nitrogen and oxygen atoms in total. The Balaban J connectivity index is 1.40. The average Bonchev–Trinajstić information content (AvgIpc) is 3.19. The molecule has 2 aromatic rings. The second kappa shape index (κ2) is 7.68. The summed E-state index contributed by atoms with van der Waals surface area (Å²) in [6.45, 7) is 4.56. The number of hydrogen-bond donors (Lipinski definition) is 2. The van der Waals surface area contributed by atoms with Crippen molar-refractivity contribution in [3.63, 3.8) is 0 Å². The molecule has 1 spiro atoms. The Morgan fingerprint density at radius 2 is 2.22 bits per heavy atom. The maximum Gasteiger partial charge on any atom is 0.222 e. The lowest BCUT2D eigenvalue weighted by atomic mass is 9.73.